The molecule has 122 valence electrons. The van der Waals surface area contributed by atoms with Gasteiger partial charge in [0.25, 0.3) is 0 Å². The van der Waals surface area contributed by atoms with Crippen molar-refractivity contribution in [3.05, 3.63) is 0 Å². The van der Waals surface area contributed by atoms with Crippen LogP contribution < -0.4 is 5.32 Å². The van der Waals surface area contributed by atoms with Crippen LogP contribution in [-0.2, 0) is 14.3 Å². The fraction of sp³-hybridized carbons (Fsp3) is 0.857. The molecule has 0 spiro atoms. The molecule has 0 aromatic heterocycles. The maximum Gasteiger partial charge on any atom is 0.317 e. The summed E-state index contributed by atoms with van der Waals surface area (Å²) in [4.78, 5) is 24.9. The van der Waals surface area contributed by atoms with Gasteiger partial charge in [0.1, 0.15) is 0 Å². The fourth-order valence-electron chi connectivity index (χ4n) is 2.52. The molecule has 1 saturated carbocycles. The zero-order valence-electron chi connectivity index (χ0n) is 12.8. The van der Waals surface area contributed by atoms with E-state index in [2.05, 4.69) is 5.32 Å². The molecule has 7 heteroatoms. The lowest BCUT2D eigenvalue weighted by Crippen LogP contribution is -2.46. The third kappa shape index (κ3) is 6.31. The number of carboxylic acids is 1. The summed E-state index contributed by atoms with van der Waals surface area (Å²) < 4.78 is 10.0. The third-order valence-electron chi connectivity index (χ3n) is 3.74. The first kappa shape index (κ1) is 17.7. The van der Waals surface area contributed by atoms with E-state index in [4.69, 9.17) is 14.6 Å². The molecule has 2 amide bonds. The molecule has 0 aromatic carbocycles. The van der Waals surface area contributed by atoms with Gasteiger partial charge in [0.05, 0.1) is 12.5 Å². The number of urea groups is 1. The van der Waals surface area contributed by atoms with Crippen LogP contribution in [0.1, 0.15) is 25.7 Å². The lowest BCUT2D eigenvalue weighted by Gasteiger charge is -2.25. The Kier molecular flexibility index (Phi) is 8.07. The van der Waals surface area contributed by atoms with Crippen molar-refractivity contribution in [1.82, 2.24) is 10.2 Å². The number of nitrogens with zero attached hydrogens (tertiary/aromatic N) is 1. The summed E-state index contributed by atoms with van der Waals surface area (Å²) in [5.41, 5.74) is 0. The van der Waals surface area contributed by atoms with Gasteiger partial charge in [-0.05, 0) is 25.7 Å². The van der Waals surface area contributed by atoms with Gasteiger partial charge in [0.2, 0.25) is 0 Å². The highest BCUT2D eigenvalue weighted by atomic mass is 16.5. The largest absolute Gasteiger partial charge is 0.481 e. The Labute approximate surface area is 125 Å². The standard InChI is InChI=1S/C14H26N2O5/c1-20-8-3-6-16(7-9-21-2)14(19)15-12-5-4-11(10-12)13(17)18/h11-12H,3-10H2,1-2H3,(H,15,19)(H,17,18)/t11-,12+/m1/s1. The molecule has 0 unspecified atom stereocenters. The number of hydrogen-bond acceptors (Lipinski definition) is 4. The Morgan fingerprint density at radius 3 is 2.48 bits per heavy atom. The van der Waals surface area contributed by atoms with Crippen molar-refractivity contribution in [2.75, 3.05) is 40.5 Å². The van der Waals surface area contributed by atoms with Crippen molar-refractivity contribution in [1.29, 1.82) is 0 Å². The summed E-state index contributed by atoms with van der Waals surface area (Å²) in [5.74, 6) is -1.11. The maximum absolute atomic E-state index is 12.2. The minimum Gasteiger partial charge on any atom is -0.481 e. The van der Waals surface area contributed by atoms with Gasteiger partial charge in [-0.25, -0.2) is 4.79 Å². The van der Waals surface area contributed by atoms with E-state index >= 15 is 0 Å². The monoisotopic (exact) mass is 302 g/mol. The quantitative estimate of drug-likeness (QED) is 0.619. The lowest BCUT2D eigenvalue weighted by atomic mass is 10.1. The molecular formula is C14H26N2O5. The fourth-order valence-corrected chi connectivity index (χ4v) is 2.52. The maximum atomic E-state index is 12.2. The first-order valence-corrected chi connectivity index (χ1v) is 7.34. The SMILES string of the molecule is COCCCN(CCOC)C(=O)N[C@H]1CC[C@@H](C(=O)O)C1. The molecule has 1 fully saturated rings. The second-order valence-electron chi connectivity index (χ2n) is 5.32. The molecule has 2 N–H and O–H groups in total. The number of nitrogens with one attached hydrogen (secondary N) is 1. The van der Waals surface area contributed by atoms with Gasteiger partial charge >= 0.3 is 12.0 Å². The topological polar surface area (TPSA) is 88.1 Å². The summed E-state index contributed by atoms with van der Waals surface area (Å²) >= 11 is 0. The lowest BCUT2D eigenvalue weighted by molar-refractivity contribution is -0.141. The third-order valence-corrected chi connectivity index (χ3v) is 3.74. The van der Waals surface area contributed by atoms with E-state index < -0.39 is 5.97 Å². The average molecular weight is 302 g/mol. The van der Waals surface area contributed by atoms with Gasteiger partial charge in [0.15, 0.2) is 0 Å². The number of amides is 2. The zero-order valence-corrected chi connectivity index (χ0v) is 12.8. The molecule has 0 heterocycles. The number of aliphatic carboxylic acids is 1. The van der Waals surface area contributed by atoms with E-state index in [1.165, 1.54) is 0 Å². The van der Waals surface area contributed by atoms with Gasteiger partial charge in [-0.1, -0.05) is 0 Å². The first-order valence-electron chi connectivity index (χ1n) is 7.34. The number of carbonyl (C=O) groups is 2. The Morgan fingerprint density at radius 1 is 1.19 bits per heavy atom. The summed E-state index contributed by atoms with van der Waals surface area (Å²) in [5, 5.41) is 11.9. The molecule has 1 aliphatic rings. The second kappa shape index (κ2) is 9.57. The smallest absolute Gasteiger partial charge is 0.317 e. The van der Waals surface area contributed by atoms with Crippen LogP contribution in [0.2, 0.25) is 0 Å². The number of carboxylic acid groups (broad SMARTS) is 1. The molecule has 7 nitrogen and oxygen atoms in total. The van der Waals surface area contributed by atoms with E-state index in [-0.39, 0.29) is 18.0 Å². The molecule has 1 aliphatic carbocycles. The van der Waals surface area contributed by atoms with Crippen LogP contribution in [0, 0.1) is 5.92 Å². The van der Waals surface area contributed by atoms with E-state index in [1.54, 1.807) is 19.1 Å². The minimum absolute atomic E-state index is 0.0499. The van der Waals surface area contributed by atoms with Gasteiger partial charge in [-0.2, -0.15) is 0 Å². The summed E-state index contributed by atoms with van der Waals surface area (Å²) in [6, 6.07) is -0.203. The van der Waals surface area contributed by atoms with Crippen molar-refractivity contribution in [3.63, 3.8) is 0 Å². The van der Waals surface area contributed by atoms with E-state index in [9.17, 15) is 9.59 Å². The number of carbonyl (C=O) groups excluding carboxylic acids is 1. The van der Waals surface area contributed by atoms with Gasteiger partial charge in [-0.3, -0.25) is 4.79 Å². The molecule has 0 aromatic rings. The van der Waals surface area contributed by atoms with Gasteiger partial charge in [-0.15, -0.1) is 0 Å². The summed E-state index contributed by atoms with van der Waals surface area (Å²) in [6.07, 6.45) is 2.62. The molecular weight excluding hydrogens is 276 g/mol. The first-order chi connectivity index (χ1) is 10.1. The van der Waals surface area contributed by atoms with Crippen LogP contribution in [0.4, 0.5) is 4.79 Å². The van der Waals surface area contributed by atoms with Crippen molar-refractivity contribution < 1.29 is 24.2 Å². The van der Waals surface area contributed by atoms with Crippen molar-refractivity contribution >= 4 is 12.0 Å². The Balaban J connectivity index is 2.42. The normalized spacial score (nSPS) is 21.2. The highest BCUT2D eigenvalue weighted by Gasteiger charge is 2.31. The molecule has 0 aliphatic heterocycles. The Morgan fingerprint density at radius 2 is 1.90 bits per heavy atom. The van der Waals surface area contributed by atoms with Gasteiger partial charge < -0.3 is 24.8 Å². The van der Waals surface area contributed by atoms with Crippen molar-refractivity contribution in [2.45, 2.75) is 31.7 Å². The molecule has 0 radical (unpaired) electrons. The number of rotatable bonds is 9. The number of ether oxygens (including phenoxy) is 2. The molecule has 0 bridgehead atoms. The zero-order chi connectivity index (χ0) is 15.7. The van der Waals surface area contributed by atoms with Crippen LogP contribution >= 0.6 is 0 Å². The van der Waals surface area contributed by atoms with Crippen LogP contribution in [0.25, 0.3) is 0 Å². The second-order valence-corrected chi connectivity index (χ2v) is 5.32. The molecule has 0 saturated heterocycles. The van der Waals surface area contributed by atoms with Gasteiger partial charge in [0, 0.05) is 40.0 Å². The van der Waals surface area contributed by atoms with E-state index in [0.717, 1.165) is 12.8 Å². The summed E-state index contributed by atoms with van der Waals surface area (Å²) in [7, 11) is 3.23. The van der Waals surface area contributed by atoms with Crippen LogP contribution in [0.5, 0.6) is 0 Å². The minimum atomic E-state index is -0.775. The molecule has 1 rings (SSSR count). The van der Waals surface area contributed by atoms with Crippen LogP contribution in [0.15, 0.2) is 0 Å². The summed E-state index contributed by atoms with van der Waals surface area (Å²) in [6.45, 7) is 2.18. The van der Waals surface area contributed by atoms with Crippen LogP contribution in [-0.4, -0.2) is 68.6 Å². The van der Waals surface area contributed by atoms with Crippen molar-refractivity contribution in [2.24, 2.45) is 5.92 Å². The van der Waals surface area contributed by atoms with E-state index in [1.807, 2.05) is 0 Å². The van der Waals surface area contributed by atoms with Crippen LogP contribution in [0.3, 0.4) is 0 Å². The average Bonchev–Trinajstić information content (AvgIpc) is 2.91. The highest BCUT2D eigenvalue weighted by molar-refractivity contribution is 5.75. The molecule has 21 heavy (non-hydrogen) atoms. The molecule has 2 atom stereocenters. The number of methoxy groups -OCH3 is 2. The Hall–Kier alpha value is -1.34. The van der Waals surface area contributed by atoms with E-state index in [0.29, 0.717) is 39.1 Å². The highest BCUT2D eigenvalue weighted by Crippen LogP contribution is 2.25. The Bertz CT molecular complexity index is 337. The predicted octanol–water partition coefficient (Wildman–Crippen LogP) is 0.934. The number of hydrogen-bond donors (Lipinski definition) is 2. The predicted molar refractivity (Wildman–Crippen MR) is 77.2 cm³/mol. The van der Waals surface area contributed by atoms with Crippen molar-refractivity contribution in [3.8, 4) is 0 Å².